The van der Waals surface area contributed by atoms with Crippen LogP contribution in [0.25, 0.3) is 11.3 Å². The molecule has 0 unspecified atom stereocenters. The molecule has 106 valence electrons. The summed E-state index contributed by atoms with van der Waals surface area (Å²) in [6.07, 6.45) is 0. The molecule has 1 aromatic heterocycles. The Morgan fingerprint density at radius 1 is 1.40 bits per heavy atom. The maximum atomic E-state index is 11.3. The smallest absolute Gasteiger partial charge is 0.357 e. The minimum Gasteiger partial charge on any atom is -0.496 e. The third-order valence-electron chi connectivity index (χ3n) is 2.91. The molecule has 5 nitrogen and oxygen atoms in total. The van der Waals surface area contributed by atoms with E-state index in [2.05, 4.69) is 21.0 Å². The van der Waals surface area contributed by atoms with E-state index < -0.39 is 5.97 Å². The van der Waals surface area contributed by atoms with Gasteiger partial charge in [-0.05, 0) is 41.9 Å². The molecule has 1 heterocycles. The number of para-hydroxylation sites is 1. The van der Waals surface area contributed by atoms with Crippen LogP contribution >= 0.6 is 15.9 Å². The fourth-order valence-corrected chi connectivity index (χ4v) is 2.65. The molecule has 0 atom stereocenters. The Morgan fingerprint density at radius 3 is 2.60 bits per heavy atom. The molecule has 0 spiro atoms. The zero-order valence-electron chi connectivity index (χ0n) is 11.4. The van der Waals surface area contributed by atoms with Gasteiger partial charge < -0.3 is 9.84 Å². The zero-order chi connectivity index (χ0) is 14.9. The monoisotopic (exact) mass is 338 g/mol. The first-order chi connectivity index (χ1) is 9.47. The number of halogens is 1. The number of carboxylic acid groups (broad SMARTS) is 1. The van der Waals surface area contributed by atoms with Crippen LogP contribution in [0.15, 0.2) is 28.7 Å². The van der Waals surface area contributed by atoms with Gasteiger partial charge in [0.25, 0.3) is 0 Å². The molecule has 1 aromatic carbocycles. The molecule has 0 fully saturated rings. The van der Waals surface area contributed by atoms with Crippen LogP contribution in [0.5, 0.6) is 5.75 Å². The number of hydrogen-bond donors (Lipinski definition) is 1. The van der Waals surface area contributed by atoms with Gasteiger partial charge in [0.1, 0.15) is 5.75 Å². The van der Waals surface area contributed by atoms with Gasteiger partial charge in [-0.1, -0.05) is 12.1 Å². The molecule has 2 aromatic rings. The lowest BCUT2D eigenvalue weighted by atomic mass is 10.1. The van der Waals surface area contributed by atoms with Crippen molar-refractivity contribution in [1.82, 2.24) is 9.78 Å². The number of aromatic nitrogens is 2. The van der Waals surface area contributed by atoms with Crippen molar-refractivity contribution in [2.24, 2.45) is 0 Å². The van der Waals surface area contributed by atoms with E-state index >= 15 is 0 Å². The maximum absolute atomic E-state index is 11.3. The zero-order valence-corrected chi connectivity index (χ0v) is 13.0. The van der Waals surface area contributed by atoms with Crippen molar-refractivity contribution in [2.45, 2.75) is 19.9 Å². The normalized spacial score (nSPS) is 10.8. The fraction of sp³-hybridized carbons (Fsp3) is 0.286. The Morgan fingerprint density at radius 2 is 2.05 bits per heavy atom. The number of carbonyl (C=O) groups is 1. The number of ether oxygens (including phenoxy) is 1. The topological polar surface area (TPSA) is 64.3 Å². The lowest BCUT2D eigenvalue weighted by Gasteiger charge is -2.14. The average molecular weight is 339 g/mol. The summed E-state index contributed by atoms with van der Waals surface area (Å²) in [5, 5.41) is 13.4. The van der Waals surface area contributed by atoms with Crippen LogP contribution in [-0.2, 0) is 0 Å². The Hall–Kier alpha value is -1.82. The molecule has 0 saturated carbocycles. The van der Waals surface area contributed by atoms with Crippen LogP contribution in [0, 0.1) is 0 Å². The van der Waals surface area contributed by atoms with Crippen molar-refractivity contribution in [1.29, 1.82) is 0 Å². The highest BCUT2D eigenvalue weighted by Gasteiger charge is 2.24. The van der Waals surface area contributed by atoms with Gasteiger partial charge in [0.05, 0.1) is 17.3 Å². The predicted molar refractivity (Wildman–Crippen MR) is 79.3 cm³/mol. The number of nitrogens with zero attached hydrogens (tertiary/aromatic N) is 2. The van der Waals surface area contributed by atoms with Gasteiger partial charge >= 0.3 is 5.97 Å². The summed E-state index contributed by atoms with van der Waals surface area (Å²) in [5.41, 5.74) is 1.50. The Bertz CT molecular complexity index is 650. The summed E-state index contributed by atoms with van der Waals surface area (Å²) in [5.74, 6) is -0.389. The predicted octanol–water partition coefficient (Wildman–Crippen LogP) is 3.60. The van der Waals surface area contributed by atoms with Crippen LogP contribution in [0.3, 0.4) is 0 Å². The molecular weight excluding hydrogens is 324 g/mol. The molecule has 0 aliphatic rings. The first kappa shape index (κ1) is 14.6. The second-order valence-electron chi connectivity index (χ2n) is 4.55. The van der Waals surface area contributed by atoms with Crippen molar-refractivity contribution >= 4 is 21.9 Å². The lowest BCUT2D eigenvalue weighted by molar-refractivity contribution is 0.0688. The van der Waals surface area contributed by atoms with Crippen LogP contribution in [0.2, 0.25) is 0 Å². The summed E-state index contributed by atoms with van der Waals surface area (Å²) in [6.45, 7) is 3.90. The minimum atomic E-state index is -1.06. The summed E-state index contributed by atoms with van der Waals surface area (Å²) < 4.78 is 7.50. The molecule has 0 bridgehead atoms. The summed E-state index contributed by atoms with van der Waals surface area (Å²) in [7, 11) is 1.58. The van der Waals surface area contributed by atoms with E-state index in [9.17, 15) is 9.90 Å². The molecule has 0 aliphatic carbocycles. The SMILES string of the molecule is COc1ccccc1-c1c(Br)c(C(=O)O)nn1C(C)C. The summed E-state index contributed by atoms with van der Waals surface area (Å²) in [4.78, 5) is 11.3. The third-order valence-corrected chi connectivity index (χ3v) is 3.66. The van der Waals surface area contributed by atoms with Crippen LogP contribution in [0.4, 0.5) is 0 Å². The standard InChI is InChI=1S/C14H15BrN2O3/c1-8(2)17-13(11(15)12(16-17)14(18)19)9-6-4-5-7-10(9)20-3/h4-8H,1-3H3,(H,18,19). The Balaban J connectivity index is 2.75. The molecule has 0 saturated heterocycles. The summed E-state index contributed by atoms with van der Waals surface area (Å²) >= 11 is 3.35. The van der Waals surface area contributed by atoms with E-state index in [4.69, 9.17) is 4.74 Å². The highest BCUT2D eigenvalue weighted by Crippen LogP contribution is 2.38. The largest absolute Gasteiger partial charge is 0.496 e. The number of hydrogen-bond acceptors (Lipinski definition) is 3. The van der Waals surface area contributed by atoms with E-state index in [0.717, 1.165) is 5.56 Å². The van der Waals surface area contributed by atoms with Crippen molar-refractivity contribution in [3.05, 3.63) is 34.4 Å². The fourth-order valence-electron chi connectivity index (χ4n) is 2.01. The molecule has 1 N–H and O–H groups in total. The minimum absolute atomic E-state index is 0.000365. The van der Waals surface area contributed by atoms with Crippen LogP contribution in [0.1, 0.15) is 30.4 Å². The molecule has 2 rings (SSSR count). The summed E-state index contributed by atoms with van der Waals surface area (Å²) in [6, 6.07) is 7.48. The maximum Gasteiger partial charge on any atom is 0.357 e. The van der Waals surface area contributed by atoms with Crippen LogP contribution < -0.4 is 4.74 Å². The van der Waals surface area contributed by atoms with Crippen molar-refractivity contribution in [2.75, 3.05) is 7.11 Å². The van der Waals surface area contributed by atoms with Gasteiger partial charge in [0, 0.05) is 11.6 Å². The molecule has 6 heteroatoms. The quantitative estimate of drug-likeness (QED) is 0.924. The highest BCUT2D eigenvalue weighted by atomic mass is 79.9. The molecule has 0 radical (unpaired) electrons. The lowest BCUT2D eigenvalue weighted by Crippen LogP contribution is -2.07. The Kier molecular flexibility index (Phi) is 4.13. The van der Waals surface area contributed by atoms with E-state index in [1.807, 2.05) is 38.1 Å². The van der Waals surface area contributed by atoms with Gasteiger partial charge in [0.15, 0.2) is 5.69 Å². The van der Waals surface area contributed by atoms with Gasteiger partial charge in [-0.3, -0.25) is 4.68 Å². The number of benzene rings is 1. The second kappa shape index (κ2) is 5.66. The molecule has 0 aliphatic heterocycles. The van der Waals surface area contributed by atoms with E-state index in [1.165, 1.54) is 0 Å². The highest BCUT2D eigenvalue weighted by molar-refractivity contribution is 9.10. The number of carboxylic acids is 1. The van der Waals surface area contributed by atoms with E-state index in [1.54, 1.807) is 11.8 Å². The van der Waals surface area contributed by atoms with Crippen LogP contribution in [-0.4, -0.2) is 28.0 Å². The molecule has 20 heavy (non-hydrogen) atoms. The van der Waals surface area contributed by atoms with Crippen molar-refractivity contribution in [3.63, 3.8) is 0 Å². The van der Waals surface area contributed by atoms with Gasteiger partial charge in [-0.15, -0.1) is 0 Å². The third kappa shape index (κ3) is 2.43. The average Bonchev–Trinajstić information content (AvgIpc) is 2.76. The van der Waals surface area contributed by atoms with Gasteiger partial charge in [0.2, 0.25) is 0 Å². The van der Waals surface area contributed by atoms with E-state index in [-0.39, 0.29) is 11.7 Å². The van der Waals surface area contributed by atoms with Gasteiger partial charge in [-0.25, -0.2) is 4.79 Å². The van der Waals surface area contributed by atoms with Crippen molar-refractivity contribution < 1.29 is 14.6 Å². The number of rotatable bonds is 4. The number of methoxy groups -OCH3 is 1. The molecular formula is C14H15BrN2O3. The first-order valence-corrected chi connectivity index (χ1v) is 6.91. The number of aromatic carboxylic acids is 1. The first-order valence-electron chi connectivity index (χ1n) is 6.12. The Labute approximate surface area is 125 Å². The second-order valence-corrected chi connectivity index (χ2v) is 5.35. The van der Waals surface area contributed by atoms with Crippen molar-refractivity contribution in [3.8, 4) is 17.0 Å². The molecule has 0 amide bonds. The van der Waals surface area contributed by atoms with Gasteiger partial charge in [-0.2, -0.15) is 5.10 Å². The van der Waals surface area contributed by atoms with E-state index in [0.29, 0.717) is 15.9 Å².